The summed E-state index contributed by atoms with van der Waals surface area (Å²) in [6.07, 6.45) is 0. The Morgan fingerprint density at radius 3 is 2.55 bits per heavy atom. The van der Waals surface area contributed by atoms with Gasteiger partial charge in [0, 0.05) is 5.02 Å². The maximum absolute atomic E-state index is 13.6. The Bertz CT molecular complexity index is 661. The predicted molar refractivity (Wildman–Crippen MR) is 78.4 cm³/mol. The lowest BCUT2D eigenvalue weighted by molar-refractivity contribution is 0.102. The largest absolute Gasteiger partial charge is 0.323 e. The van der Waals surface area contributed by atoms with Crippen molar-refractivity contribution in [2.75, 3.05) is 10.7 Å². The molecule has 2 aromatic rings. The van der Waals surface area contributed by atoms with Crippen LogP contribution in [0.15, 0.2) is 36.4 Å². The topological polar surface area (TPSA) is 67.1 Å². The summed E-state index contributed by atoms with van der Waals surface area (Å²) < 4.78 is 13.6. The molecule has 0 aliphatic heterocycles. The number of halogens is 2. The molecule has 0 radical (unpaired) electrons. The predicted octanol–water partition coefficient (Wildman–Crippen LogP) is 3.33. The molecule has 0 spiro atoms. The second-order valence-electron chi connectivity index (χ2n) is 4.27. The Labute approximate surface area is 120 Å². The van der Waals surface area contributed by atoms with Gasteiger partial charge in [0.1, 0.15) is 5.82 Å². The Balaban J connectivity index is 2.30. The summed E-state index contributed by atoms with van der Waals surface area (Å²) in [5, 5.41) is 2.75. The fraction of sp³-hybridized carbons (Fsp3) is 0.0714. The highest BCUT2D eigenvalue weighted by atomic mass is 35.5. The number of rotatable bonds is 3. The van der Waals surface area contributed by atoms with Crippen LogP contribution in [0.4, 0.5) is 15.8 Å². The zero-order valence-electron chi connectivity index (χ0n) is 10.7. The molecule has 0 fully saturated rings. The molecule has 2 aromatic carbocycles. The lowest BCUT2D eigenvalue weighted by atomic mass is 10.1. The summed E-state index contributed by atoms with van der Waals surface area (Å²) >= 11 is 5.66. The maximum Gasteiger partial charge on any atom is 0.257 e. The van der Waals surface area contributed by atoms with E-state index >= 15 is 0 Å². The second-order valence-corrected chi connectivity index (χ2v) is 4.71. The minimum atomic E-state index is -0.597. The van der Waals surface area contributed by atoms with Crippen LogP contribution in [0.1, 0.15) is 15.9 Å². The SMILES string of the molecule is Cc1ccc(NN)c(C(=O)Nc2ccc(Cl)cc2F)c1. The number of anilines is 2. The van der Waals surface area contributed by atoms with Crippen molar-refractivity contribution in [1.29, 1.82) is 0 Å². The number of nitrogens with two attached hydrogens (primary N) is 1. The first kappa shape index (κ1) is 14.3. The lowest BCUT2D eigenvalue weighted by Crippen LogP contribution is -2.18. The van der Waals surface area contributed by atoms with Gasteiger partial charge in [0.05, 0.1) is 16.9 Å². The molecule has 0 bridgehead atoms. The zero-order chi connectivity index (χ0) is 14.7. The summed E-state index contributed by atoms with van der Waals surface area (Å²) in [5.74, 6) is 4.31. The van der Waals surface area contributed by atoms with Crippen LogP contribution in [0.5, 0.6) is 0 Å². The summed E-state index contributed by atoms with van der Waals surface area (Å²) in [5.41, 5.74) is 4.19. The van der Waals surface area contributed by atoms with Crippen LogP contribution < -0.4 is 16.6 Å². The van der Waals surface area contributed by atoms with E-state index < -0.39 is 11.7 Å². The van der Waals surface area contributed by atoms with Crippen LogP contribution in [-0.2, 0) is 0 Å². The van der Waals surface area contributed by atoms with Crippen molar-refractivity contribution < 1.29 is 9.18 Å². The van der Waals surface area contributed by atoms with Crippen LogP contribution in [0.3, 0.4) is 0 Å². The molecule has 104 valence electrons. The van der Waals surface area contributed by atoms with Crippen LogP contribution in [0, 0.1) is 12.7 Å². The van der Waals surface area contributed by atoms with Gasteiger partial charge in [-0.05, 0) is 37.3 Å². The molecule has 1 amide bonds. The Kier molecular flexibility index (Phi) is 4.22. The molecule has 0 aliphatic carbocycles. The molecular weight excluding hydrogens is 281 g/mol. The van der Waals surface area contributed by atoms with E-state index in [4.69, 9.17) is 17.4 Å². The number of benzene rings is 2. The van der Waals surface area contributed by atoms with E-state index in [-0.39, 0.29) is 10.7 Å². The molecular formula is C14H13ClFN3O. The van der Waals surface area contributed by atoms with E-state index in [1.165, 1.54) is 12.1 Å². The number of amides is 1. The third-order valence-electron chi connectivity index (χ3n) is 2.75. The average molecular weight is 294 g/mol. The van der Waals surface area contributed by atoms with E-state index in [0.29, 0.717) is 11.3 Å². The fourth-order valence-electron chi connectivity index (χ4n) is 1.75. The van der Waals surface area contributed by atoms with Crippen molar-refractivity contribution in [3.63, 3.8) is 0 Å². The number of hydrogen-bond acceptors (Lipinski definition) is 3. The van der Waals surface area contributed by atoms with E-state index in [9.17, 15) is 9.18 Å². The second kappa shape index (κ2) is 5.90. The van der Waals surface area contributed by atoms with Gasteiger partial charge in [0.15, 0.2) is 0 Å². The van der Waals surface area contributed by atoms with Crippen LogP contribution in [0.25, 0.3) is 0 Å². The summed E-state index contributed by atoms with van der Waals surface area (Å²) in [6.45, 7) is 1.85. The molecule has 0 heterocycles. The normalized spacial score (nSPS) is 10.2. The van der Waals surface area contributed by atoms with Crippen LogP contribution in [0.2, 0.25) is 5.02 Å². The number of nitrogens with one attached hydrogen (secondary N) is 2. The number of hydrazine groups is 1. The lowest BCUT2D eigenvalue weighted by Gasteiger charge is -2.11. The van der Waals surface area contributed by atoms with Crippen molar-refractivity contribution in [2.45, 2.75) is 6.92 Å². The van der Waals surface area contributed by atoms with E-state index in [1.54, 1.807) is 12.1 Å². The van der Waals surface area contributed by atoms with Gasteiger partial charge in [-0.2, -0.15) is 0 Å². The maximum atomic E-state index is 13.6. The molecule has 0 saturated carbocycles. The van der Waals surface area contributed by atoms with E-state index in [2.05, 4.69) is 10.7 Å². The van der Waals surface area contributed by atoms with Crippen LogP contribution in [-0.4, -0.2) is 5.91 Å². The minimum absolute atomic E-state index is 0.0591. The van der Waals surface area contributed by atoms with Gasteiger partial charge in [-0.3, -0.25) is 10.6 Å². The molecule has 2 rings (SSSR count). The minimum Gasteiger partial charge on any atom is -0.323 e. The van der Waals surface area contributed by atoms with Gasteiger partial charge in [-0.25, -0.2) is 4.39 Å². The molecule has 4 N–H and O–H groups in total. The van der Waals surface area contributed by atoms with Gasteiger partial charge in [-0.1, -0.05) is 23.2 Å². The third-order valence-corrected chi connectivity index (χ3v) is 2.99. The van der Waals surface area contributed by atoms with E-state index in [0.717, 1.165) is 11.6 Å². The highest BCUT2D eigenvalue weighted by Gasteiger charge is 2.13. The molecule has 0 unspecified atom stereocenters. The zero-order valence-corrected chi connectivity index (χ0v) is 11.5. The number of hydrogen-bond donors (Lipinski definition) is 3. The molecule has 0 aliphatic rings. The molecule has 0 aromatic heterocycles. The van der Waals surface area contributed by atoms with Gasteiger partial charge in [0.25, 0.3) is 5.91 Å². The number of nitrogen functional groups attached to an aromatic ring is 1. The highest BCUT2D eigenvalue weighted by Crippen LogP contribution is 2.22. The first-order chi connectivity index (χ1) is 9.51. The molecule has 6 heteroatoms. The standard InChI is InChI=1S/C14H13ClFN3O/c1-8-2-4-12(19-17)10(6-8)14(20)18-13-5-3-9(15)7-11(13)16/h2-7,19H,17H2,1H3,(H,18,20). The van der Waals surface area contributed by atoms with Gasteiger partial charge in [-0.15, -0.1) is 0 Å². The van der Waals surface area contributed by atoms with Gasteiger partial charge in [0.2, 0.25) is 0 Å². The van der Waals surface area contributed by atoms with Crippen molar-refractivity contribution in [1.82, 2.24) is 0 Å². The Hall–Kier alpha value is -2.11. The van der Waals surface area contributed by atoms with Crippen molar-refractivity contribution in [3.8, 4) is 0 Å². The number of carbonyl (C=O) groups is 1. The third kappa shape index (κ3) is 3.07. The first-order valence-corrected chi connectivity index (χ1v) is 6.22. The van der Waals surface area contributed by atoms with Crippen LogP contribution >= 0.6 is 11.6 Å². The number of carbonyl (C=O) groups excluding carboxylic acids is 1. The van der Waals surface area contributed by atoms with Gasteiger partial charge < -0.3 is 10.7 Å². The van der Waals surface area contributed by atoms with Crippen molar-refractivity contribution >= 4 is 28.9 Å². The average Bonchev–Trinajstić information content (AvgIpc) is 2.41. The summed E-state index contributed by atoms with van der Waals surface area (Å²) in [7, 11) is 0. The number of aryl methyl sites for hydroxylation is 1. The van der Waals surface area contributed by atoms with Gasteiger partial charge >= 0.3 is 0 Å². The molecule has 0 atom stereocenters. The fourth-order valence-corrected chi connectivity index (χ4v) is 1.91. The van der Waals surface area contributed by atoms with E-state index in [1.807, 2.05) is 13.0 Å². The summed E-state index contributed by atoms with van der Waals surface area (Å²) in [4.78, 5) is 12.2. The quantitative estimate of drug-likeness (QED) is 0.601. The van der Waals surface area contributed by atoms with Crippen molar-refractivity contribution in [2.24, 2.45) is 5.84 Å². The Morgan fingerprint density at radius 2 is 1.90 bits per heavy atom. The molecule has 20 heavy (non-hydrogen) atoms. The Morgan fingerprint density at radius 1 is 1.20 bits per heavy atom. The highest BCUT2D eigenvalue weighted by molar-refractivity contribution is 6.30. The first-order valence-electron chi connectivity index (χ1n) is 5.85. The molecule has 0 saturated heterocycles. The smallest absolute Gasteiger partial charge is 0.257 e. The van der Waals surface area contributed by atoms with Crippen molar-refractivity contribution in [3.05, 3.63) is 58.4 Å². The summed E-state index contributed by atoms with van der Waals surface area (Å²) in [6, 6.07) is 9.20. The molecule has 4 nitrogen and oxygen atoms in total. The monoisotopic (exact) mass is 293 g/mol.